The summed E-state index contributed by atoms with van der Waals surface area (Å²) in [7, 11) is 0. The predicted molar refractivity (Wildman–Crippen MR) is 129 cm³/mol. The molecular formula is C20H23N5O5S3. The van der Waals surface area contributed by atoms with Crippen molar-refractivity contribution in [3.8, 4) is 17.2 Å². The molecule has 2 amide bonds. The number of carbonyl (C=O) groups is 2. The molecule has 0 aliphatic rings. The van der Waals surface area contributed by atoms with Gasteiger partial charge in [0.2, 0.25) is 16.8 Å². The molecule has 0 radical (unpaired) electrons. The fraction of sp³-hybridized carbons (Fsp3) is 0.350. The lowest BCUT2D eigenvalue weighted by Gasteiger charge is -2.16. The number of rotatable bonds is 12. The lowest BCUT2D eigenvalue weighted by atomic mass is 10.1. The first-order chi connectivity index (χ1) is 16.0. The third kappa shape index (κ3) is 7.04. The number of thioether (sulfide) groups is 1. The van der Waals surface area contributed by atoms with Crippen LogP contribution in [0.4, 0.5) is 10.3 Å². The van der Waals surface area contributed by atoms with Crippen LogP contribution < -0.4 is 24.8 Å². The second kappa shape index (κ2) is 12.4. The first kappa shape index (κ1) is 24.7. The van der Waals surface area contributed by atoms with Gasteiger partial charge in [-0.3, -0.25) is 14.9 Å². The maximum absolute atomic E-state index is 12.8. The molecule has 10 nitrogen and oxygen atoms in total. The maximum atomic E-state index is 12.8. The van der Waals surface area contributed by atoms with Crippen LogP contribution in [-0.2, 0) is 4.79 Å². The van der Waals surface area contributed by atoms with Crippen molar-refractivity contribution in [2.45, 2.75) is 25.1 Å². The van der Waals surface area contributed by atoms with Crippen molar-refractivity contribution in [1.29, 1.82) is 0 Å². The van der Waals surface area contributed by atoms with Crippen LogP contribution in [0.3, 0.4) is 0 Å². The summed E-state index contributed by atoms with van der Waals surface area (Å²) >= 11 is 3.74. The van der Waals surface area contributed by atoms with E-state index in [1.165, 1.54) is 34.4 Å². The molecule has 3 rings (SSSR count). The summed E-state index contributed by atoms with van der Waals surface area (Å²) in [6.45, 7) is 6.80. The predicted octanol–water partition coefficient (Wildman–Crippen LogP) is 4.17. The largest absolute Gasteiger partial charge is 0.490 e. The van der Waals surface area contributed by atoms with Gasteiger partial charge in [-0.05, 0) is 32.9 Å². The van der Waals surface area contributed by atoms with E-state index >= 15 is 0 Å². The minimum Gasteiger partial charge on any atom is -0.490 e. The molecule has 0 aliphatic heterocycles. The fourth-order valence-corrected chi connectivity index (χ4v) is 4.67. The van der Waals surface area contributed by atoms with E-state index in [0.717, 1.165) is 0 Å². The van der Waals surface area contributed by atoms with Crippen LogP contribution in [0.15, 0.2) is 28.0 Å². The van der Waals surface area contributed by atoms with Crippen LogP contribution in [0, 0.1) is 0 Å². The Labute approximate surface area is 203 Å². The van der Waals surface area contributed by atoms with Gasteiger partial charge in [0.1, 0.15) is 0 Å². The van der Waals surface area contributed by atoms with Gasteiger partial charge < -0.3 is 19.5 Å². The standard InChI is InChI=1S/C20H23N5O5S3/c1-4-28-13-9-12(10-14(29-5-2)16(13)30-6-3)17(27)23-19-24-25-20(33-19)32-11-15(26)22-18-21-7-8-31-18/h7-10H,4-6,11H2,1-3H3,(H,21,22,26)(H,23,24,27). The first-order valence-corrected chi connectivity index (χ1v) is 12.8. The monoisotopic (exact) mass is 509 g/mol. The van der Waals surface area contributed by atoms with E-state index in [9.17, 15) is 9.59 Å². The number of aromatic nitrogens is 3. The van der Waals surface area contributed by atoms with Gasteiger partial charge in [0, 0.05) is 17.1 Å². The number of hydrogen-bond donors (Lipinski definition) is 2. The number of nitrogens with one attached hydrogen (secondary N) is 2. The SMILES string of the molecule is CCOc1cc(C(=O)Nc2nnc(SCC(=O)Nc3nccs3)s2)cc(OCC)c1OCC. The van der Waals surface area contributed by atoms with Crippen LogP contribution in [0.2, 0.25) is 0 Å². The minimum atomic E-state index is -0.394. The smallest absolute Gasteiger partial charge is 0.257 e. The van der Waals surface area contributed by atoms with Crippen LogP contribution in [-0.4, -0.2) is 52.6 Å². The molecule has 0 saturated heterocycles. The van der Waals surface area contributed by atoms with E-state index in [4.69, 9.17) is 14.2 Å². The minimum absolute atomic E-state index is 0.149. The molecule has 2 aromatic heterocycles. The van der Waals surface area contributed by atoms with Crippen molar-refractivity contribution in [3.63, 3.8) is 0 Å². The van der Waals surface area contributed by atoms with Gasteiger partial charge in [-0.1, -0.05) is 23.1 Å². The molecule has 2 N–H and O–H groups in total. The Bertz CT molecular complexity index is 1050. The zero-order valence-electron chi connectivity index (χ0n) is 18.2. The molecule has 33 heavy (non-hydrogen) atoms. The Morgan fingerprint density at radius 1 is 0.970 bits per heavy atom. The van der Waals surface area contributed by atoms with E-state index in [1.807, 2.05) is 20.8 Å². The number of thiazole rings is 1. The number of anilines is 2. The number of benzene rings is 1. The average molecular weight is 510 g/mol. The van der Waals surface area contributed by atoms with E-state index in [-0.39, 0.29) is 11.7 Å². The van der Waals surface area contributed by atoms with Crippen LogP contribution in [0.1, 0.15) is 31.1 Å². The number of ether oxygens (including phenoxy) is 3. The van der Waals surface area contributed by atoms with Gasteiger partial charge in [0.25, 0.3) is 5.91 Å². The summed E-state index contributed by atoms with van der Waals surface area (Å²) < 4.78 is 17.5. The molecule has 0 aliphatic carbocycles. The highest BCUT2D eigenvalue weighted by atomic mass is 32.2. The van der Waals surface area contributed by atoms with Crippen molar-refractivity contribution in [2.24, 2.45) is 0 Å². The summed E-state index contributed by atoms with van der Waals surface area (Å²) in [5.74, 6) is 0.871. The summed E-state index contributed by atoms with van der Waals surface area (Å²) in [4.78, 5) is 28.8. The average Bonchev–Trinajstić information content (AvgIpc) is 3.46. The Morgan fingerprint density at radius 3 is 2.27 bits per heavy atom. The van der Waals surface area contributed by atoms with E-state index < -0.39 is 5.91 Å². The van der Waals surface area contributed by atoms with E-state index in [1.54, 1.807) is 23.7 Å². The lowest BCUT2D eigenvalue weighted by Crippen LogP contribution is -2.13. The van der Waals surface area contributed by atoms with Crippen molar-refractivity contribution in [3.05, 3.63) is 29.3 Å². The zero-order chi connectivity index (χ0) is 23.6. The van der Waals surface area contributed by atoms with Crippen molar-refractivity contribution < 1.29 is 23.8 Å². The van der Waals surface area contributed by atoms with Crippen molar-refractivity contribution in [1.82, 2.24) is 15.2 Å². The van der Waals surface area contributed by atoms with Gasteiger partial charge in [0.05, 0.1) is 25.6 Å². The van der Waals surface area contributed by atoms with Gasteiger partial charge in [-0.2, -0.15) is 0 Å². The molecule has 13 heteroatoms. The Hall–Kier alpha value is -2.90. The van der Waals surface area contributed by atoms with Gasteiger partial charge >= 0.3 is 0 Å². The Kier molecular flexibility index (Phi) is 9.27. The Balaban J connectivity index is 1.66. The molecule has 0 atom stereocenters. The molecule has 0 unspecified atom stereocenters. The quantitative estimate of drug-likeness (QED) is 0.273. The third-order valence-corrected chi connectivity index (χ3v) is 6.46. The fourth-order valence-electron chi connectivity index (χ4n) is 2.58. The van der Waals surface area contributed by atoms with Crippen LogP contribution in [0.25, 0.3) is 0 Å². The van der Waals surface area contributed by atoms with E-state index in [0.29, 0.717) is 57.2 Å². The lowest BCUT2D eigenvalue weighted by molar-refractivity contribution is -0.113. The number of carbonyl (C=O) groups excluding carboxylic acids is 2. The molecule has 1 aromatic carbocycles. The number of amides is 2. The Morgan fingerprint density at radius 2 is 1.67 bits per heavy atom. The summed E-state index contributed by atoms with van der Waals surface area (Å²) in [6.07, 6.45) is 1.62. The number of nitrogens with zero attached hydrogens (tertiary/aromatic N) is 3. The highest BCUT2D eigenvalue weighted by Gasteiger charge is 2.19. The molecule has 3 aromatic rings. The number of hydrogen-bond acceptors (Lipinski definition) is 11. The normalized spacial score (nSPS) is 10.5. The van der Waals surface area contributed by atoms with Crippen LogP contribution in [0.5, 0.6) is 17.2 Å². The van der Waals surface area contributed by atoms with Crippen LogP contribution >= 0.6 is 34.4 Å². The highest BCUT2D eigenvalue weighted by molar-refractivity contribution is 8.01. The van der Waals surface area contributed by atoms with Gasteiger partial charge in [-0.15, -0.1) is 21.5 Å². The second-order valence-corrected chi connectivity index (χ2v) is 9.20. The molecular weight excluding hydrogens is 486 g/mol. The molecule has 0 saturated carbocycles. The van der Waals surface area contributed by atoms with Crippen molar-refractivity contribution in [2.75, 3.05) is 36.2 Å². The summed E-state index contributed by atoms with van der Waals surface area (Å²) in [5.41, 5.74) is 0.331. The topological polar surface area (TPSA) is 125 Å². The highest BCUT2D eigenvalue weighted by Crippen LogP contribution is 2.39. The molecule has 2 heterocycles. The van der Waals surface area contributed by atoms with Gasteiger partial charge in [-0.25, -0.2) is 4.98 Å². The van der Waals surface area contributed by atoms with Crippen molar-refractivity contribution >= 4 is 56.5 Å². The molecule has 0 spiro atoms. The van der Waals surface area contributed by atoms with E-state index in [2.05, 4.69) is 25.8 Å². The third-order valence-electron chi connectivity index (χ3n) is 3.80. The molecule has 0 bridgehead atoms. The summed E-state index contributed by atoms with van der Waals surface area (Å²) in [5, 5.41) is 16.1. The second-order valence-electron chi connectivity index (χ2n) is 6.10. The zero-order valence-corrected chi connectivity index (χ0v) is 20.7. The first-order valence-electron chi connectivity index (χ1n) is 10.1. The maximum Gasteiger partial charge on any atom is 0.257 e. The molecule has 0 fully saturated rings. The van der Waals surface area contributed by atoms with Gasteiger partial charge in [0.15, 0.2) is 21.0 Å². The molecule has 176 valence electrons. The summed E-state index contributed by atoms with van der Waals surface area (Å²) in [6, 6.07) is 3.21.